The summed E-state index contributed by atoms with van der Waals surface area (Å²) in [4.78, 5) is 13.4. The lowest BCUT2D eigenvalue weighted by atomic mass is 9.94. The molecule has 0 aliphatic carbocycles. The molecule has 0 aliphatic heterocycles. The molecule has 15 heavy (non-hydrogen) atoms. The molecule has 0 N–H and O–H groups in total. The first-order valence-corrected chi connectivity index (χ1v) is 4.12. The Bertz CT molecular complexity index is 437. The second kappa shape index (κ2) is 3.87. The van der Waals surface area contributed by atoms with E-state index in [0.717, 1.165) is 0 Å². The van der Waals surface area contributed by atoms with Crippen molar-refractivity contribution >= 4 is 6.08 Å². The van der Waals surface area contributed by atoms with Gasteiger partial charge >= 0.3 is 0 Å². The molecule has 2 nitrogen and oxygen atoms in total. The maximum absolute atomic E-state index is 13.3. The molecule has 0 saturated carbocycles. The van der Waals surface area contributed by atoms with E-state index in [1.807, 2.05) is 0 Å². The predicted molar refractivity (Wildman–Crippen MR) is 47.5 cm³/mol. The zero-order chi connectivity index (χ0) is 11.6. The van der Waals surface area contributed by atoms with Gasteiger partial charge in [-0.2, -0.15) is 4.99 Å². The molecule has 5 heteroatoms. The normalized spacial score (nSPS) is 11.0. The van der Waals surface area contributed by atoms with Gasteiger partial charge in [-0.15, -0.1) is 0 Å². The summed E-state index contributed by atoms with van der Waals surface area (Å²) in [7, 11) is 0. The summed E-state index contributed by atoms with van der Waals surface area (Å²) in [6.45, 7) is 2.79. The maximum Gasteiger partial charge on any atom is 0.235 e. The van der Waals surface area contributed by atoms with Crippen molar-refractivity contribution in [1.82, 2.24) is 0 Å². The minimum Gasteiger partial charge on any atom is -0.211 e. The number of aliphatic imine (C=N–C) groups is 1. The van der Waals surface area contributed by atoms with Crippen LogP contribution in [0.15, 0.2) is 17.1 Å². The average Bonchev–Trinajstić information content (AvgIpc) is 2.11. The van der Waals surface area contributed by atoms with Crippen molar-refractivity contribution in [3.8, 4) is 0 Å². The van der Waals surface area contributed by atoms with Crippen LogP contribution in [-0.4, -0.2) is 6.08 Å². The van der Waals surface area contributed by atoms with Gasteiger partial charge in [-0.1, -0.05) is 0 Å². The Balaban J connectivity index is 3.38. The quantitative estimate of drug-likeness (QED) is 0.423. The van der Waals surface area contributed by atoms with Gasteiger partial charge in [-0.25, -0.2) is 18.0 Å². The molecule has 0 spiro atoms. The zero-order valence-electron chi connectivity index (χ0n) is 8.14. The molecular formula is C10H8F3NO. The first-order valence-electron chi connectivity index (χ1n) is 4.12. The molecule has 0 heterocycles. The highest BCUT2D eigenvalue weighted by molar-refractivity contribution is 5.38. The summed E-state index contributed by atoms with van der Waals surface area (Å²) in [6, 6.07) is 1.11. The Kier molecular flexibility index (Phi) is 2.95. The number of carbonyl (C=O) groups excluding carboxylic acids is 1. The number of rotatable bonds is 2. The molecule has 0 saturated heterocycles. The van der Waals surface area contributed by atoms with Crippen molar-refractivity contribution in [3.05, 3.63) is 35.1 Å². The van der Waals surface area contributed by atoms with Crippen LogP contribution >= 0.6 is 0 Å². The van der Waals surface area contributed by atoms with Crippen LogP contribution in [0.1, 0.15) is 19.4 Å². The number of nitrogens with zero attached hydrogens (tertiary/aromatic N) is 1. The van der Waals surface area contributed by atoms with Gasteiger partial charge in [0, 0.05) is 11.6 Å². The third kappa shape index (κ3) is 2.25. The van der Waals surface area contributed by atoms with Crippen LogP contribution < -0.4 is 0 Å². The van der Waals surface area contributed by atoms with Crippen molar-refractivity contribution in [2.45, 2.75) is 19.4 Å². The van der Waals surface area contributed by atoms with Gasteiger partial charge in [0.25, 0.3) is 0 Å². The SMILES string of the molecule is CC(C)(N=C=O)c1cc(F)c(F)cc1F. The minimum atomic E-state index is -1.28. The number of hydrogen-bond acceptors (Lipinski definition) is 2. The summed E-state index contributed by atoms with van der Waals surface area (Å²) in [6.07, 6.45) is 1.26. The fourth-order valence-electron chi connectivity index (χ4n) is 1.17. The fraction of sp³-hybridized carbons (Fsp3) is 0.300. The molecule has 1 aromatic rings. The van der Waals surface area contributed by atoms with E-state index in [-0.39, 0.29) is 5.56 Å². The summed E-state index contributed by atoms with van der Waals surface area (Å²) in [5, 5.41) is 0. The van der Waals surface area contributed by atoms with Crippen molar-refractivity contribution in [3.63, 3.8) is 0 Å². The highest BCUT2D eigenvalue weighted by Crippen LogP contribution is 2.28. The predicted octanol–water partition coefficient (Wildman–Crippen LogP) is 2.67. The van der Waals surface area contributed by atoms with Gasteiger partial charge in [0.15, 0.2) is 11.6 Å². The molecule has 1 aromatic carbocycles. The van der Waals surface area contributed by atoms with Crippen LogP contribution in [0, 0.1) is 17.5 Å². The second-order valence-electron chi connectivity index (χ2n) is 3.51. The molecule has 0 radical (unpaired) electrons. The first kappa shape index (κ1) is 11.5. The van der Waals surface area contributed by atoms with Gasteiger partial charge in [0.05, 0.1) is 5.54 Å². The lowest BCUT2D eigenvalue weighted by Gasteiger charge is -2.18. The van der Waals surface area contributed by atoms with E-state index in [4.69, 9.17) is 0 Å². The van der Waals surface area contributed by atoms with Crippen LogP contribution in [0.2, 0.25) is 0 Å². The molecule has 0 aromatic heterocycles. The van der Waals surface area contributed by atoms with E-state index in [0.29, 0.717) is 12.1 Å². The molecule has 80 valence electrons. The first-order chi connectivity index (χ1) is 6.88. The molecule has 0 fully saturated rings. The number of benzene rings is 1. The molecular weight excluding hydrogens is 207 g/mol. The third-order valence-electron chi connectivity index (χ3n) is 1.99. The lowest BCUT2D eigenvalue weighted by molar-refractivity contribution is 0.458. The summed E-state index contributed by atoms with van der Waals surface area (Å²) in [5.74, 6) is -3.40. The van der Waals surface area contributed by atoms with Crippen LogP contribution in [-0.2, 0) is 10.3 Å². The average molecular weight is 215 g/mol. The summed E-state index contributed by atoms with van der Waals surface area (Å²) in [5.41, 5.74) is -1.45. The molecule has 0 atom stereocenters. The zero-order valence-corrected chi connectivity index (χ0v) is 8.14. The number of isocyanates is 1. The van der Waals surface area contributed by atoms with Gasteiger partial charge in [0.1, 0.15) is 5.82 Å². The maximum atomic E-state index is 13.3. The largest absolute Gasteiger partial charge is 0.235 e. The lowest BCUT2D eigenvalue weighted by Crippen LogP contribution is -2.16. The van der Waals surface area contributed by atoms with Crippen LogP contribution in [0.5, 0.6) is 0 Å². The van der Waals surface area contributed by atoms with Gasteiger partial charge in [0.2, 0.25) is 6.08 Å². The van der Waals surface area contributed by atoms with E-state index in [1.165, 1.54) is 19.9 Å². The fourth-order valence-corrected chi connectivity index (χ4v) is 1.17. The summed E-state index contributed by atoms with van der Waals surface area (Å²) >= 11 is 0. The van der Waals surface area contributed by atoms with E-state index in [2.05, 4.69) is 4.99 Å². The molecule has 1 rings (SSSR count). The molecule has 0 bridgehead atoms. The highest BCUT2D eigenvalue weighted by atomic mass is 19.2. The van der Waals surface area contributed by atoms with Crippen molar-refractivity contribution < 1.29 is 18.0 Å². The third-order valence-corrected chi connectivity index (χ3v) is 1.99. The minimum absolute atomic E-state index is 0.190. The number of halogens is 3. The highest BCUT2D eigenvalue weighted by Gasteiger charge is 2.25. The van der Waals surface area contributed by atoms with Crippen molar-refractivity contribution in [2.24, 2.45) is 4.99 Å². The Morgan fingerprint density at radius 1 is 1.13 bits per heavy atom. The van der Waals surface area contributed by atoms with Crippen LogP contribution in [0.4, 0.5) is 13.2 Å². The van der Waals surface area contributed by atoms with Crippen LogP contribution in [0.25, 0.3) is 0 Å². The topological polar surface area (TPSA) is 29.4 Å². The second-order valence-corrected chi connectivity index (χ2v) is 3.51. The van der Waals surface area contributed by atoms with E-state index >= 15 is 0 Å². The Labute approximate surface area is 84.4 Å². The van der Waals surface area contributed by atoms with Gasteiger partial charge in [-0.05, 0) is 19.9 Å². The molecule has 0 amide bonds. The number of hydrogen-bond donors (Lipinski definition) is 0. The summed E-state index contributed by atoms with van der Waals surface area (Å²) < 4.78 is 38.7. The van der Waals surface area contributed by atoms with E-state index in [1.54, 1.807) is 0 Å². The molecule has 0 aliphatic rings. The van der Waals surface area contributed by atoms with E-state index < -0.39 is 23.0 Å². The van der Waals surface area contributed by atoms with Crippen molar-refractivity contribution in [1.29, 1.82) is 0 Å². The van der Waals surface area contributed by atoms with Gasteiger partial charge < -0.3 is 0 Å². The van der Waals surface area contributed by atoms with Crippen LogP contribution in [0.3, 0.4) is 0 Å². The Morgan fingerprint density at radius 2 is 1.67 bits per heavy atom. The van der Waals surface area contributed by atoms with E-state index in [9.17, 15) is 18.0 Å². The Hall–Kier alpha value is -1.61. The molecule has 0 unspecified atom stereocenters. The smallest absolute Gasteiger partial charge is 0.211 e. The van der Waals surface area contributed by atoms with Gasteiger partial charge in [-0.3, -0.25) is 0 Å². The standard InChI is InChI=1S/C10H8F3NO/c1-10(2,14-5-15)6-3-8(12)9(13)4-7(6)11/h3-4H,1-2H3. The monoisotopic (exact) mass is 215 g/mol. The Morgan fingerprint density at radius 3 is 2.20 bits per heavy atom. The van der Waals surface area contributed by atoms with Crippen molar-refractivity contribution in [2.75, 3.05) is 0 Å².